The van der Waals surface area contributed by atoms with Gasteiger partial charge >= 0.3 is 0 Å². The predicted molar refractivity (Wildman–Crippen MR) is 206 cm³/mol. The number of aliphatic imine (C=N–C) groups is 2. The van der Waals surface area contributed by atoms with Gasteiger partial charge in [0.05, 0.1) is 54.9 Å². The summed E-state index contributed by atoms with van der Waals surface area (Å²) in [6.07, 6.45) is 3.89. The number of fused-ring (bicyclic) bond motifs is 2. The van der Waals surface area contributed by atoms with Gasteiger partial charge in [0.25, 0.3) is 0 Å². The van der Waals surface area contributed by atoms with Gasteiger partial charge < -0.3 is 33.9 Å². The number of morpholine rings is 2. The van der Waals surface area contributed by atoms with Crippen LogP contribution in [0, 0.1) is 0 Å². The Balaban J connectivity index is 0.000000853. The van der Waals surface area contributed by atoms with Crippen molar-refractivity contribution in [2.75, 3.05) is 107 Å². The normalized spacial score (nSPS) is 16.7. The van der Waals surface area contributed by atoms with Crippen LogP contribution < -0.4 is 18.9 Å². The zero-order valence-corrected chi connectivity index (χ0v) is 32.3. The van der Waals surface area contributed by atoms with Crippen LogP contribution in [-0.4, -0.2) is 134 Å². The van der Waals surface area contributed by atoms with Crippen LogP contribution in [0.5, 0.6) is 23.0 Å². The van der Waals surface area contributed by atoms with E-state index in [1.54, 1.807) is 28.4 Å². The molecule has 2 fully saturated rings. The maximum atomic E-state index is 5.44. The highest BCUT2D eigenvalue weighted by molar-refractivity contribution is 6.04. The van der Waals surface area contributed by atoms with Gasteiger partial charge in [0.15, 0.2) is 23.0 Å². The second-order valence-electron chi connectivity index (χ2n) is 11.3. The predicted octanol–water partition coefficient (Wildman–Crippen LogP) is 4.41. The molecule has 11 nitrogen and oxygen atoms in total. The SMILES string of the molecule is COc1cc2c(cc1OC)C(CCN1CCOCC1)=NCC2.COc1cc2c(cc1OC)C(CCN1CCOCC1)=NCC2.Cl.Cl.Cl.Cl.O. The Kier molecular flexibility index (Phi) is 23.2. The number of methoxy groups -OCH3 is 4. The Bertz CT molecular complexity index is 1220. The largest absolute Gasteiger partial charge is 0.493 e. The summed E-state index contributed by atoms with van der Waals surface area (Å²) in [5.41, 5.74) is 7.44. The van der Waals surface area contributed by atoms with Gasteiger partial charge in [-0.3, -0.25) is 19.8 Å². The molecule has 4 aliphatic rings. The summed E-state index contributed by atoms with van der Waals surface area (Å²) in [5.74, 6) is 3.16. The Labute approximate surface area is 316 Å². The van der Waals surface area contributed by atoms with E-state index in [1.807, 2.05) is 0 Å². The summed E-state index contributed by atoms with van der Waals surface area (Å²) < 4.78 is 32.5. The second-order valence-corrected chi connectivity index (χ2v) is 11.3. The van der Waals surface area contributed by atoms with Crippen LogP contribution >= 0.6 is 49.6 Å². The lowest BCUT2D eigenvalue weighted by molar-refractivity contribution is 0.0391. The maximum absolute atomic E-state index is 5.44. The summed E-state index contributed by atoms with van der Waals surface area (Å²) in [6.45, 7) is 11.2. The molecule has 0 aliphatic carbocycles. The molecule has 4 aliphatic heterocycles. The lowest BCUT2D eigenvalue weighted by Gasteiger charge is -2.27. The number of nitrogens with zero attached hydrogens (tertiary/aromatic N) is 4. The molecule has 2 aromatic rings. The Morgan fingerprint density at radius 1 is 0.551 bits per heavy atom. The molecule has 280 valence electrons. The van der Waals surface area contributed by atoms with Gasteiger partial charge in [-0.1, -0.05) is 0 Å². The highest BCUT2D eigenvalue weighted by atomic mass is 35.5. The highest BCUT2D eigenvalue weighted by Crippen LogP contribution is 2.34. The first kappa shape index (κ1) is 46.9. The fourth-order valence-electron chi connectivity index (χ4n) is 6.19. The van der Waals surface area contributed by atoms with Crippen LogP contribution in [0.4, 0.5) is 0 Å². The van der Waals surface area contributed by atoms with Gasteiger partial charge in [-0.05, 0) is 48.2 Å². The third kappa shape index (κ3) is 12.6. The Morgan fingerprint density at radius 2 is 0.878 bits per heavy atom. The summed E-state index contributed by atoms with van der Waals surface area (Å²) in [6, 6.07) is 8.34. The first-order valence-corrected chi connectivity index (χ1v) is 15.8. The Hall–Kier alpha value is -2.06. The molecule has 0 saturated carbocycles. The van der Waals surface area contributed by atoms with E-state index in [0.29, 0.717) is 0 Å². The number of hydrogen-bond acceptors (Lipinski definition) is 10. The quantitative estimate of drug-likeness (QED) is 0.349. The second kappa shape index (κ2) is 24.2. The molecule has 0 unspecified atom stereocenters. The monoisotopic (exact) mass is 770 g/mol. The van der Waals surface area contributed by atoms with E-state index in [0.717, 1.165) is 127 Å². The smallest absolute Gasteiger partial charge is 0.161 e. The van der Waals surface area contributed by atoms with Gasteiger partial charge in [-0.2, -0.15) is 0 Å². The third-order valence-corrected chi connectivity index (χ3v) is 8.75. The molecular weight excluding hydrogens is 718 g/mol. The summed E-state index contributed by atoms with van der Waals surface area (Å²) in [4.78, 5) is 14.4. The van der Waals surface area contributed by atoms with Crippen molar-refractivity contribution in [2.45, 2.75) is 25.7 Å². The third-order valence-electron chi connectivity index (χ3n) is 8.75. The average Bonchev–Trinajstić information content (AvgIpc) is 3.09. The van der Waals surface area contributed by atoms with Crippen molar-refractivity contribution in [1.29, 1.82) is 0 Å². The Morgan fingerprint density at radius 3 is 1.20 bits per heavy atom. The van der Waals surface area contributed by atoms with E-state index in [1.165, 1.54) is 33.7 Å². The van der Waals surface area contributed by atoms with Gasteiger partial charge in [-0.15, -0.1) is 49.6 Å². The molecule has 0 amide bonds. The molecule has 0 aromatic heterocycles. The van der Waals surface area contributed by atoms with Crippen molar-refractivity contribution in [3.05, 3.63) is 46.5 Å². The van der Waals surface area contributed by atoms with Crippen LogP contribution in [0.1, 0.15) is 35.1 Å². The van der Waals surface area contributed by atoms with Crippen molar-refractivity contribution in [3.8, 4) is 23.0 Å². The molecule has 0 spiro atoms. The van der Waals surface area contributed by atoms with E-state index in [-0.39, 0.29) is 55.1 Å². The summed E-state index contributed by atoms with van der Waals surface area (Å²) in [5, 5.41) is 0. The van der Waals surface area contributed by atoms with Crippen LogP contribution in [0.15, 0.2) is 34.3 Å². The number of rotatable bonds is 10. The number of halogens is 4. The molecule has 6 rings (SSSR count). The maximum Gasteiger partial charge on any atom is 0.161 e. The van der Waals surface area contributed by atoms with Gasteiger partial charge in [0, 0.05) is 87.7 Å². The molecule has 49 heavy (non-hydrogen) atoms. The molecule has 0 bridgehead atoms. The van der Waals surface area contributed by atoms with Crippen LogP contribution in [0.2, 0.25) is 0 Å². The van der Waals surface area contributed by atoms with E-state index < -0.39 is 0 Å². The van der Waals surface area contributed by atoms with Gasteiger partial charge in [-0.25, -0.2) is 0 Å². The molecule has 0 atom stereocenters. The first-order valence-electron chi connectivity index (χ1n) is 15.8. The van der Waals surface area contributed by atoms with Crippen molar-refractivity contribution >= 4 is 61.1 Å². The zero-order chi connectivity index (χ0) is 30.7. The van der Waals surface area contributed by atoms with Crippen LogP contribution in [0.3, 0.4) is 0 Å². The summed E-state index contributed by atoms with van der Waals surface area (Å²) >= 11 is 0. The lowest BCUT2D eigenvalue weighted by atomic mass is 9.95. The fourth-order valence-corrected chi connectivity index (χ4v) is 6.19. The lowest BCUT2D eigenvalue weighted by Crippen LogP contribution is -2.37. The zero-order valence-electron chi connectivity index (χ0n) is 29.0. The number of ether oxygens (including phenoxy) is 6. The molecule has 15 heteroatoms. The average molecular weight is 773 g/mol. The van der Waals surface area contributed by atoms with Crippen molar-refractivity contribution in [1.82, 2.24) is 9.80 Å². The van der Waals surface area contributed by atoms with Gasteiger partial charge in [0.1, 0.15) is 0 Å². The van der Waals surface area contributed by atoms with E-state index in [2.05, 4.69) is 34.1 Å². The molecule has 2 N–H and O–H groups in total. The van der Waals surface area contributed by atoms with Gasteiger partial charge in [0.2, 0.25) is 0 Å². The minimum atomic E-state index is 0. The molecular formula is C34H54Cl4N4O7. The summed E-state index contributed by atoms with van der Waals surface area (Å²) in [7, 11) is 6.72. The molecule has 2 saturated heterocycles. The van der Waals surface area contributed by atoms with Crippen LogP contribution in [-0.2, 0) is 22.3 Å². The highest BCUT2D eigenvalue weighted by Gasteiger charge is 2.21. The molecule has 0 radical (unpaired) electrons. The van der Waals surface area contributed by atoms with Crippen molar-refractivity contribution in [2.24, 2.45) is 9.98 Å². The molecule has 4 heterocycles. The van der Waals surface area contributed by atoms with Crippen molar-refractivity contribution in [3.63, 3.8) is 0 Å². The topological polar surface area (TPSA) is 118 Å². The number of benzene rings is 2. The first-order chi connectivity index (χ1) is 21.6. The minimum Gasteiger partial charge on any atom is -0.493 e. The minimum absolute atomic E-state index is 0. The molecule has 2 aromatic carbocycles. The standard InChI is InChI=1S/2C17H24N2O3.4ClH.H2O/c2*1-20-16-11-13-3-5-18-15(14(13)12-17(16)21-2)4-6-19-7-9-22-10-8-19;;;;;/h2*11-12H,3-10H2,1-2H3;4*1H;1H2. The van der Waals surface area contributed by atoms with E-state index >= 15 is 0 Å². The van der Waals surface area contributed by atoms with E-state index in [9.17, 15) is 0 Å². The van der Waals surface area contributed by atoms with Crippen molar-refractivity contribution < 1.29 is 33.9 Å². The fraction of sp³-hybridized carbons (Fsp3) is 0.588. The van der Waals surface area contributed by atoms with E-state index in [4.69, 9.17) is 38.4 Å². The number of hydrogen-bond donors (Lipinski definition) is 0. The van der Waals surface area contributed by atoms with Crippen LogP contribution in [0.25, 0.3) is 0 Å².